The van der Waals surface area contributed by atoms with Crippen LogP contribution < -0.4 is 10.2 Å². The number of rotatable bonds is 5. The Hall–Kier alpha value is -3.07. The first-order chi connectivity index (χ1) is 13.7. The zero-order chi connectivity index (χ0) is 21.7. The van der Waals surface area contributed by atoms with E-state index in [1.807, 2.05) is 13.8 Å². The fraction of sp³-hybridized carbons (Fsp3) is 0.250. The predicted molar refractivity (Wildman–Crippen MR) is 114 cm³/mol. The van der Waals surface area contributed by atoms with Crippen LogP contribution in [0.3, 0.4) is 0 Å². The minimum Gasteiger partial charge on any atom is -0.508 e. The maximum atomic E-state index is 12.4. The molecule has 0 aliphatic carbocycles. The SMILES string of the molecule is CC(C)c1cc(C(=N)N(C(=N)C(=O)NCCF)c2ccc(S)cc2)c(O)cc1O. The highest BCUT2D eigenvalue weighted by molar-refractivity contribution is 7.80. The van der Waals surface area contributed by atoms with Crippen LogP contribution in [-0.4, -0.2) is 41.0 Å². The second kappa shape index (κ2) is 9.42. The molecule has 0 aliphatic heterocycles. The van der Waals surface area contributed by atoms with Gasteiger partial charge in [-0.3, -0.25) is 20.5 Å². The summed E-state index contributed by atoms with van der Waals surface area (Å²) < 4.78 is 12.4. The van der Waals surface area contributed by atoms with Crippen LogP contribution >= 0.6 is 12.6 Å². The first-order valence-corrected chi connectivity index (χ1v) is 9.28. The van der Waals surface area contributed by atoms with Crippen LogP contribution in [0.2, 0.25) is 0 Å². The van der Waals surface area contributed by atoms with Crippen molar-refractivity contribution in [1.82, 2.24) is 5.32 Å². The number of hydrogen-bond acceptors (Lipinski definition) is 6. The molecule has 0 atom stereocenters. The first kappa shape index (κ1) is 22.2. The van der Waals surface area contributed by atoms with Crippen LogP contribution in [0.15, 0.2) is 41.3 Å². The highest BCUT2D eigenvalue weighted by Crippen LogP contribution is 2.33. The van der Waals surface area contributed by atoms with E-state index < -0.39 is 18.4 Å². The number of nitrogens with one attached hydrogen (secondary N) is 3. The lowest BCUT2D eigenvalue weighted by Crippen LogP contribution is -2.46. The smallest absolute Gasteiger partial charge is 0.287 e. The lowest BCUT2D eigenvalue weighted by Gasteiger charge is -2.26. The highest BCUT2D eigenvalue weighted by Gasteiger charge is 2.27. The summed E-state index contributed by atoms with van der Waals surface area (Å²) >= 11 is 4.21. The van der Waals surface area contributed by atoms with Gasteiger partial charge in [-0.15, -0.1) is 12.6 Å². The standard InChI is InChI=1S/C20H23FN4O3S/c1-11(2)14-9-15(17(27)10-16(14)26)18(22)25(12-3-5-13(29)6-4-12)19(23)20(28)24-8-7-21/h3-6,9-11,22-23,26-27,29H,7-8H2,1-2H3,(H,24,28). The Morgan fingerprint density at radius 3 is 2.34 bits per heavy atom. The zero-order valence-electron chi connectivity index (χ0n) is 16.0. The first-order valence-electron chi connectivity index (χ1n) is 8.84. The van der Waals surface area contributed by atoms with Crippen molar-refractivity contribution in [2.24, 2.45) is 0 Å². The maximum Gasteiger partial charge on any atom is 0.287 e. The molecule has 0 aliphatic rings. The van der Waals surface area contributed by atoms with Crippen LogP contribution in [0.5, 0.6) is 11.5 Å². The number of carbonyl (C=O) groups is 1. The molecule has 0 heterocycles. The van der Waals surface area contributed by atoms with Crippen LogP contribution in [-0.2, 0) is 4.79 Å². The number of hydrogen-bond donors (Lipinski definition) is 6. The van der Waals surface area contributed by atoms with Gasteiger partial charge in [0.1, 0.15) is 24.0 Å². The molecule has 29 heavy (non-hydrogen) atoms. The van der Waals surface area contributed by atoms with Gasteiger partial charge in [0.15, 0.2) is 5.84 Å². The number of benzene rings is 2. The number of carbonyl (C=O) groups excluding carboxylic acids is 1. The average molecular weight is 418 g/mol. The van der Waals surface area contributed by atoms with Crippen molar-refractivity contribution in [3.63, 3.8) is 0 Å². The summed E-state index contributed by atoms with van der Waals surface area (Å²) in [4.78, 5) is 13.9. The molecule has 1 amide bonds. The molecule has 0 bridgehead atoms. The predicted octanol–water partition coefficient (Wildman–Crippen LogP) is 3.40. The van der Waals surface area contributed by atoms with Gasteiger partial charge in [-0.05, 0) is 41.8 Å². The number of phenolic OH excluding ortho intramolecular Hbond substituents is 2. The van der Waals surface area contributed by atoms with E-state index >= 15 is 0 Å². The third kappa shape index (κ3) is 5.05. The molecular formula is C20H23FN4O3S. The molecule has 9 heteroatoms. The number of aromatic hydroxyl groups is 2. The van der Waals surface area contributed by atoms with Gasteiger partial charge in [-0.1, -0.05) is 13.8 Å². The minimum absolute atomic E-state index is 0.0319. The van der Waals surface area contributed by atoms with Crippen molar-refractivity contribution in [3.05, 3.63) is 47.5 Å². The molecular weight excluding hydrogens is 395 g/mol. The van der Waals surface area contributed by atoms with Gasteiger partial charge in [0.25, 0.3) is 5.91 Å². The Kier molecular flexibility index (Phi) is 7.22. The number of thiol groups is 1. The Labute approximate surface area is 173 Å². The van der Waals surface area contributed by atoms with Gasteiger partial charge < -0.3 is 15.5 Å². The van der Waals surface area contributed by atoms with Crippen LogP contribution in [0.25, 0.3) is 0 Å². The number of phenols is 2. The fourth-order valence-corrected chi connectivity index (χ4v) is 2.83. The van der Waals surface area contributed by atoms with E-state index in [0.717, 1.165) is 11.0 Å². The molecule has 0 saturated carbocycles. The van der Waals surface area contributed by atoms with E-state index in [1.54, 1.807) is 24.3 Å². The number of amides is 1. The summed E-state index contributed by atoms with van der Waals surface area (Å²) in [7, 11) is 0. The van der Waals surface area contributed by atoms with Crippen molar-refractivity contribution >= 4 is 35.9 Å². The quantitative estimate of drug-likeness (QED) is 0.253. The molecule has 2 aromatic carbocycles. The Bertz CT molecular complexity index is 932. The lowest BCUT2D eigenvalue weighted by molar-refractivity contribution is -0.115. The van der Waals surface area contributed by atoms with E-state index in [2.05, 4.69) is 17.9 Å². The largest absolute Gasteiger partial charge is 0.508 e. The summed E-state index contributed by atoms with van der Waals surface area (Å²) in [6.45, 7) is 2.63. The van der Waals surface area contributed by atoms with Crippen molar-refractivity contribution in [3.8, 4) is 11.5 Å². The van der Waals surface area contributed by atoms with Crippen LogP contribution in [0.1, 0.15) is 30.9 Å². The Balaban J connectivity index is 2.55. The maximum absolute atomic E-state index is 12.4. The summed E-state index contributed by atoms with van der Waals surface area (Å²) in [6.07, 6.45) is 0. The molecule has 0 spiro atoms. The third-order valence-electron chi connectivity index (χ3n) is 4.17. The van der Waals surface area contributed by atoms with Gasteiger partial charge in [0, 0.05) is 23.2 Å². The number of nitrogens with zero attached hydrogens (tertiary/aromatic N) is 1. The number of alkyl halides is 1. The topological polar surface area (TPSA) is 121 Å². The fourth-order valence-electron chi connectivity index (χ4n) is 2.68. The molecule has 0 radical (unpaired) electrons. The third-order valence-corrected chi connectivity index (χ3v) is 4.47. The lowest BCUT2D eigenvalue weighted by atomic mass is 9.98. The van der Waals surface area contributed by atoms with Gasteiger partial charge in [0.05, 0.1) is 5.56 Å². The molecule has 0 saturated heterocycles. The molecule has 0 fully saturated rings. The van der Waals surface area contributed by atoms with Crippen molar-refractivity contribution < 1.29 is 19.4 Å². The van der Waals surface area contributed by atoms with Gasteiger partial charge in [-0.25, -0.2) is 4.39 Å². The van der Waals surface area contributed by atoms with Crippen LogP contribution in [0.4, 0.5) is 10.1 Å². The molecule has 7 nitrogen and oxygen atoms in total. The Morgan fingerprint density at radius 2 is 1.79 bits per heavy atom. The summed E-state index contributed by atoms with van der Waals surface area (Å²) in [6, 6.07) is 8.96. The van der Waals surface area contributed by atoms with E-state index in [1.165, 1.54) is 6.07 Å². The molecule has 0 unspecified atom stereocenters. The van der Waals surface area contributed by atoms with Gasteiger partial charge >= 0.3 is 0 Å². The average Bonchev–Trinajstić information content (AvgIpc) is 2.67. The number of amidine groups is 2. The molecule has 154 valence electrons. The van der Waals surface area contributed by atoms with Crippen molar-refractivity contribution in [2.45, 2.75) is 24.7 Å². The number of halogens is 1. The normalized spacial score (nSPS) is 10.7. The van der Waals surface area contributed by atoms with Crippen LogP contribution in [0, 0.1) is 10.8 Å². The zero-order valence-corrected chi connectivity index (χ0v) is 16.9. The molecule has 5 N–H and O–H groups in total. The summed E-state index contributed by atoms with van der Waals surface area (Å²) in [5.41, 5.74) is 0.845. The van der Waals surface area contributed by atoms with E-state index in [-0.39, 0.29) is 35.4 Å². The highest BCUT2D eigenvalue weighted by atomic mass is 32.1. The molecule has 2 rings (SSSR count). The minimum atomic E-state index is -0.871. The monoisotopic (exact) mass is 418 g/mol. The van der Waals surface area contributed by atoms with E-state index in [9.17, 15) is 19.4 Å². The number of anilines is 1. The molecule has 0 aromatic heterocycles. The van der Waals surface area contributed by atoms with E-state index in [4.69, 9.17) is 10.8 Å². The van der Waals surface area contributed by atoms with Crippen molar-refractivity contribution in [1.29, 1.82) is 10.8 Å². The summed E-state index contributed by atoms with van der Waals surface area (Å²) in [5, 5.41) is 39.5. The van der Waals surface area contributed by atoms with Crippen molar-refractivity contribution in [2.75, 3.05) is 18.1 Å². The second-order valence-corrected chi connectivity index (χ2v) is 7.09. The Morgan fingerprint density at radius 1 is 1.17 bits per heavy atom. The summed E-state index contributed by atoms with van der Waals surface area (Å²) in [5.74, 6) is -2.41. The molecule has 2 aromatic rings. The van der Waals surface area contributed by atoms with Gasteiger partial charge in [0.2, 0.25) is 0 Å². The van der Waals surface area contributed by atoms with Gasteiger partial charge in [-0.2, -0.15) is 0 Å². The van der Waals surface area contributed by atoms with E-state index in [0.29, 0.717) is 16.1 Å². The second-order valence-electron chi connectivity index (χ2n) is 6.58.